The fourth-order valence-corrected chi connectivity index (χ4v) is 3.29. The summed E-state index contributed by atoms with van der Waals surface area (Å²) in [4.78, 5) is 38.0. The smallest absolute Gasteiger partial charge is 0.417 e. The van der Waals surface area contributed by atoms with Gasteiger partial charge < -0.3 is 20.0 Å². The molecule has 0 atom stereocenters. The molecule has 34 heavy (non-hydrogen) atoms. The second-order valence-electron chi connectivity index (χ2n) is 7.24. The first-order valence-corrected chi connectivity index (χ1v) is 10.3. The fourth-order valence-electron chi connectivity index (χ4n) is 3.07. The lowest BCUT2D eigenvalue weighted by Gasteiger charge is -2.22. The highest BCUT2D eigenvalue weighted by Gasteiger charge is 2.33. The molecule has 11 heteroatoms. The molecule has 178 valence electrons. The van der Waals surface area contributed by atoms with Gasteiger partial charge in [0.05, 0.1) is 23.4 Å². The van der Waals surface area contributed by atoms with Crippen molar-refractivity contribution in [3.8, 4) is 0 Å². The number of nitrogens with zero attached hydrogens (tertiary/aromatic N) is 1. The predicted octanol–water partition coefficient (Wildman–Crippen LogP) is 5.19. The number of alkyl halides is 3. The van der Waals surface area contributed by atoms with E-state index in [2.05, 4.69) is 10.6 Å². The Balaban J connectivity index is 1.78. The second-order valence-corrected chi connectivity index (χ2v) is 7.65. The molecule has 3 rings (SSSR count). The van der Waals surface area contributed by atoms with E-state index in [4.69, 9.17) is 16.0 Å². The normalized spacial score (nSPS) is 11.1. The van der Waals surface area contributed by atoms with Gasteiger partial charge in [0.1, 0.15) is 12.3 Å². The average Bonchev–Trinajstić information content (AvgIpc) is 3.26. The third-order valence-corrected chi connectivity index (χ3v) is 4.89. The molecular formula is C23H19ClF3N3O4. The zero-order valence-electron chi connectivity index (χ0n) is 17.8. The Hall–Kier alpha value is -3.79. The van der Waals surface area contributed by atoms with Crippen LogP contribution in [-0.4, -0.2) is 29.2 Å². The Kier molecular flexibility index (Phi) is 7.62. The molecule has 0 aliphatic rings. The number of hydrogen-bond acceptors (Lipinski definition) is 4. The van der Waals surface area contributed by atoms with E-state index in [1.54, 1.807) is 12.1 Å². The van der Waals surface area contributed by atoms with Crippen molar-refractivity contribution < 1.29 is 32.0 Å². The predicted molar refractivity (Wildman–Crippen MR) is 119 cm³/mol. The lowest BCUT2D eigenvalue weighted by molar-refractivity contribution is -0.137. The summed E-state index contributed by atoms with van der Waals surface area (Å²) in [6, 6.07) is 12.2. The quantitative estimate of drug-likeness (QED) is 0.474. The van der Waals surface area contributed by atoms with Crippen molar-refractivity contribution in [3.05, 3.63) is 82.8 Å². The van der Waals surface area contributed by atoms with Crippen molar-refractivity contribution in [2.24, 2.45) is 0 Å². The summed E-state index contributed by atoms with van der Waals surface area (Å²) < 4.78 is 44.6. The number of halogens is 4. The lowest BCUT2D eigenvalue weighted by Crippen LogP contribution is -2.37. The topological polar surface area (TPSA) is 91.7 Å². The number of amides is 3. The number of carbonyl (C=O) groups excluding carboxylic acids is 3. The number of benzene rings is 2. The average molecular weight is 494 g/mol. The molecular weight excluding hydrogens is 475 g/mol. The summed E-state index contributed by atoms with van der Waals surface area (Å²) in [5, 5.41) is 4.44. The summed E-state index contributed by atoms with van der Waals surface area (Å²) in [5.41, 5.74) is -0.483. The van der Waals surface area contributed by atoms with E-state index in [0.717, 1.165) is 12.1 Å². The van der Waals surface area contributed by atoms with E-state index in [1.807, 2.05) is 0 Å². The maximum absolute atomic E-state index is 13.1. The molecule has 0 radical (unpaired) electrons. The van der Waals surface area contributed by atoms with Crippen molar-refractivity contribution in [1.29, 1.82) is 0 Å². The van der Waals surface area contributed by atoms with Gasteiger partial charge in [0, 0.05) is 23.9 Å². The molecule has 0 saturated heterocycles. The minimum absolute atomic E-state index is 0.0544. The molecule has 1 heterocycles. The molecule has 3 amide bonds. The number of hydrogen-bond donors (Lipinski definition) is 2. The maximum atomic E-state index is 13.1. The van der Waals surface area contributed by atoms with Crippen LogP contribution in [0, 0.1) is 0 Å². The van der Waals surface area contributed by atoms with Gasteiger partial charge in [-0.1, -0.05) is 11.6 Å². The van der Waals surface area contributed by atoms with E-state index in [0.29, 0.717) is 11.4 Å². The fraction of sp³-hybridized carbons (Fsp3) is 0.174. The third-order valence-electron chi connectivity index (χ3n) is 4.56. The summed E-state index contributed by atoms with van der Waals surface area (Å²) in [5.74, 6) is -1.11. The standard InChI is InChI=1S/C23H19ClF3N3O4/c1-14(31)28-16-6-4-15(5-7-16)22(33)30(12-18-3-2-10-34-18)13-21(32)29-17-8-9-20(24)19(11-17)23(25,26)27/h2-11H,12-13H2,1H3,(H,28,31)(H,29,32). The number of nitrogens with one attached hydrogen (secondary N) is 2. The van der Waals surface area contributed by atoms with Gasteiger partial charge in [-0.2, -0.15) is 13.2 Å². The first-order valence-electron chi connectivity index (χ1n) is 9.89. The zero-order chi connectivity index (χ0) is 24.9. The Bertz CT molecular complexity index is 1180. The minimum atomic E-state index is -4.69. The van der Waals surface area contributed by atoms with Gasteiger partial charge in [0.15, 0.2) is 0 Å². The molecule has 0 unspecified atom stereocenters. The highest BCUT2D eigenvalue weighted by atomic mass is 35.5. The molecule has 7 nitrogen and oxygen atoms in total. The van der Waals surface area contributed by atoms with Gasteiger partial charge in [-0.15, -0.1) is 0 Å². The zero-order valence-corrected chi connectivity index (χ0v) is 18.5. The van der Waals surface area contributed by atoms with Crippen molar-refractivity contribution in [2.75, 3.05) is 17.2 Å². The van der Waals surface area contributed by atoms with Crippen molar-refractivity contribution in [3.63, 3.8) is 0 Å². The highest BCUT2D eigenvalue weighted by Crippen LogP contribution is 2.36. The van der Waals surface area contributed by atoms with Gasteiger partial charge in [0.2, 0.25) is 11.8 Å². The molecule has 3 aromatic rings. The van der Waals surface area contributed by atoms with E-state index in [-0.39, 0.29) is 23.7 Å². The number of furan rings is 1. The molecule has 0 saturated carbocycles. The molecule has 2 N–H and O–H groups in total. The molecule has 1 aromatic heterocycles. The van der Waals surface area contributed by atoms with Gasteiger partial charge in [-0.3, -0.25) is 14.4 Å². The third kappa shape index (κ3) is 6.61. The van der Waals surface area contributed by atoms with E-state index < -0.39 is 35.1 Å². The van der Waals surface area contributed by atoms with E-state index in [9.17, 15) is 27.6 Å². The summed E-state index contributed by atoms with van der Waals surface area (Å²) in [6.45, 7) is 0.833. The monoisotopic (exact) mass is 493 g/mol. The lowest BCUT2D eigenvalue weighted by atomic mass is 10.1. The first-order chi connectivity index (χ1) is 16.0. The van der Waals surface area contributed by atoms with Crippen LogP contribution in [0.5, 0.6) is 0 Å². The minimum Gasteiger partial charge on any atom is -0.467 e. The van der Waals surface area contributed by atoms with Crippen LogP contribution in [0.15, 0.2) is 65.3 Å². The molecule has 2 aromatic carbocycles. The Morgan fingerprint density at radius 1 is 1.00 bits per heavy atom. The number of rotatable bonds is 7. The van der Waals surface area contributed by atoms with E-state index in [1.165, 1.54) is 48.4 Å². The van der Waals surface area contributed by atoms with Crippen molar-refractivity contribution in [1.82, 2.24) is 4.90 Å². The maximum Gasteiger partial charge on any atom is 0.417 e. The molecule has 0 aliphatic carbocycles. The van der Waals surface area contributed by atoms with Crippen LogP contribution in [0.2, 0.25) is 5.02 Å². The van der Waals surface area contributed by atoms with Crippen LogP contribution >= 0.6 is 11.6 Å². The van der Waals surface area contributed by atoms with Crippen molar-refractivity contribution in [2.45, 2.75) is 19.6 Å². The van der Waals surface area contributed by atoms with E-state index >= 15 is 0 Å². The van der Waals surface area contributed by atoms with Crippen LogP contribution in [-0.2, 0) is 22.3 Å². The van der Waals surface area contributed by atoms with Gasteiger partial charge in [0.25, 0.3) is 5.91 Å². The van der Waals surface area contributed by atoms with Crippen molar-refractivity contribution >= 4 is 40.7 Å². The van der Waals surface area contributed by atoms with Gasteiger partial charge >= 0.3 is 6.18 Å². The second kappa shape index (κ2) is 10.4. The summed E-state index contributed by atoms with van der Waals surface area (Å²) >= 11 is 5.61. The van der Waals surface area contributed by atoms with Gasteiger partial charge in [-0.25, -0.2) is 0 Å². The van der Waals surface area contributed by atoms with Crippen LogP contribution in [0.25, 0.3) is 0 Å². The summed E-state index contributed by atoms with van der Waals surface area (Å²) in [7, 11) is 0. The van der Waals surface area contributed by atoms with Crippen LogP contribution < -0.4 is 10.6 Å². The molecule has 0 bridgehead atoms. The first kappa shape index (κ1) is 24.8. The number of carbonyl (C=O) groups is 3. The van der Waals surface area contributed by atoms with Gasteiger partial charge in [-0.05, 0) is 54.6 Å². The Morgan fingerprint density at radius 2 is 1.68 bits per heavy atom. The largest absolute Gasteiger partial charge is 0.467 e. The SMILES string of the molecule is CC(=O)Nc1ccc(C(=O)N(CC(=O)Nc2ccc(Cl)c(C(F)(F)F)c2)Cc2ccco2)cc1. The van der Waals surface area contributed by atoms with Crippen LogP contribution in [0.3, 0.4) is 0 Å². The molecule has 0 aliphatic heterocycles. The molecule has 0 spiro atoms. The molecule has 0 fully saturated rings. The Morgan fingerprint density at radius 3 is 2.26 bits per heavy atom. The Labute approximate surface area is 197 Å². The summed E-state index contributed by atoms with van der Waals surface area (Å²) in [6.07, 6.45) is -3.28. The number of anilines is 2. The highest BCUT2D eigenvalue weighted by molar-refractivity contribution is 6.31. The van der Waals surface area contributed by atoms with Crippen LogP contribution in [0.1, 0.15) is 28.6 Å². The van der Waals surface area contributed by atoms with Crippen LogP contribution in [0.4, 0.5) is 24.5 Å².